The number of sulfonamides is 1. The summed E-state index contributed by atoms with van der Waals surface area (Å²) in [6, 6.07) is 2.93. The molecule has 0 radical (unpaired) electrons. The van der Waals surface area contributed by atoms with E-state index in [0.717, 1.165) is 0 Å². The van der Waals surface area contributed by atoms with E-state index < -0.39 is 10.0 Å². The Morgan fingerprint density at radius 3 is 2.82 bits per heavy atom. The van der Waals surface area contributed by atoms with Gasteiger partial charge < -0.3 is 5.73 Å². The van der Waals surface area contributed by atoms with Crippen LogP contribution in [0.25, 0.3) is 0 Å². The van der Waals surface area contributed by atoms with Crippen LogP contribution >= 0.6 is 11.3 Å². The third-order valence-electron chi connectivity index (χ3n) is 1.99. The molecule has 0 aliphatic heterocycles. The number of nitrogen functional groups attached to an aromatic ring is 1. The summed E-state index contributed by atoms with van der Waals surface area (Å²) in [4.78, 5) is 7.70. The summed E-state index contributed by atoms with van der Waals surface area (Å²) in [5, 5.41) is 2.47. The lowest BCUT2D eigenvalue weighted by atomic mass is 10.5. The maximum absolute atomic E-state index is 11.9. The Morgan fingerprint density at radius 1 is 1.35 bits per heavy atom. The summed E-state index contributed by atoms with van der Waals surface area (Å²) >= 11 is 1.38. The lowest BCUT2D eigenvalue weighted by Gasteiger charge is -2.06. The van der Waals surface area contributed by atoms with Crippen molar-refractivity contribution in [1.29, 1.82) is 0 Å². The van der Waals surface area contributed by atoms with Crippen LogP contribution < -0.4 is 10.5 Å². The minimum Gasteiger partial charge on any atom is -0.383 e. The molecule has 0 aliphatic rings. The van der Waals surface area contributed by atoms with Crippen LogP contribution in [0.4, 0.5) is 5.82 Å². The van der Waals surface area contributed by atoms with E-state index in [1.54, 1.807) is 11.6 Å². The fourth-order valence-corrected chi connectivity index (χ4v) is 2.92. The molecule has 0 fully saturated rings. The first-order valence-electron chi connectivity index (χ1n) is 4.68. The predicted octanol–water partition coefficient (Wildman–Crippen LogP) is 0.599. The molecule has 2 rings (SSSR count). The van der Waals surface area contributed by atoms with Gasteiger partial charge in [-0.1, -0.05) is 0 Å². The maximum atomic E-state index is 11.9. The average molecular weight is 270 g/mol. The molecule has 3 N–H and O–H groups in total. The lowest BCUT2D eigenvalue weighted by Crippen LogP contribution is -2.24. The van der Waals surface area contributed by atoms with Gasteiger partial charge in [-0.05, 0) is 12.1 Å². The van der Waals surface area contributed by atoms with Crippen molar-refractivity contribution >= 4 is 27.2 Å². The summed E-state index contributed by atoms with van der Waals surface area (Å²) in [5.41, 5.74) is 5.51. The van der Waals surface area contributed by atoms with Crippen LogP contribution in [0.3, 0.4) is 0 Å². The number of pyridine rings is 1. The Balaban J connectivity index is 2.17. The molecular weight excluding hydrogens is 260 g/mol. The Morgan fingerprint density at radius 2 is 2.18 bits per heavy atom. The van der Waals surface area contributed by atoms with Crippen LogP contribution in [0.15, 0.2) is 34.8 Å². The van der Waals surface area contributed by atoms with E-state index in [4.69, 9.17) is 5.73 Å². The van der Waals surface area contributed by atoms with Crippen LogP contribution in [0, 0.1) is 0 Å². The van der Waals surface area contributed by atoms with Gasteiger partial charge in [0.05, 0.1) is 6.54 Å². The number of anilines is 1. The molecule has 0 bridgehead atoms. The van der Waals surface area contributed by atoms with E-state index in [0.29, 0.717) is 5.01 Å². The summed E-state index contributed by atoms with van der Waals surface area (Å²) in [7, 11) is -3.64. The van der Waals surface area contributed by atoms with Crippen LogP contribution in [0.5, 0.6) is 0 Å². The van der Waals surface area contributed by atoms with Crippen LogP contribution in [-0.4, -0.2) is 18.4 Å². The molecule has 0 aliphatic carbocycles. The largest absolute Gasteiger partial charge is 0.383 e. The van der Waals surface area contributed by atoms with E-state index in [1.807, 2.05) is 0 Å². The van der Waals surface area contributed by atoms with Gasteiger partial charge in [-0.2, -0.15) is 0 Å². The second-order valence-electron chi connectivity index (χ2n) is 3.14. The summed E-state index contributed by atoms with van der Waals surface area (Å²) in [6.07, 6.45) is 3.06. The smallest absolute Gasteiger partial charge is 0.244 e. The van der Waals surface area contributed by atoms with Gasteiger partial charge in [0.2, 0.25) is 10.0 Å². The number of hydrogen-bond acceptors (Lipinski definition) is 6. The van der Waals surface area contributed by atoms with Crippen LogP contribution in [0.2, 0.25) is 0 Å². The van der Waals surface area contributed by atoms with E-state index >= 15 is 0 Å². The summed E-state index contributed by atoms with van der Waals surface area (Å²) in [5.74, 6) is -0.0147. The molecule has 8 heteroatoms. The molecule has 0 saturated carbocycles. The summed E-state index contributed by atoms with van der Waals surface area (Å²) in [6.45, 7) is 0.147. The predicted molar refractivity (Wildman–Crippen MR) is 64.8 cm³/mol. The summed E-state index contributed by atoms with van der Waals surface area (Å²) < 4.78 is 26.2. The second-order valence-corrected chi connectivity index (χ2v) is 5.85. The molecular formula is C9H10N4O2S2. The number of aromatic nitrogens is 2. The number of nitrogens with one attached hydrogen (secondary N) is 1. The van der Waals surface area contributed by atoms with Crippen LogP contribution in [-0.2, 0) is 16.6 Å². The monoisotopic (exact) mass is 270 g/mol. The molecule has 0 spiro atoms. The number of nitrogens with two attached hydrogens (primary N) is 1. The third-order valence-corrected chi connectivity index (χ3v) is 4.21. The van der Waals surface area contributed by atoms with Crippen LogP contribution in [0.1, 0.15) is 5.01 Å². The highest BCUT2D eigenvalue weighted by Gasteiger charge is 2.17. The van der Waals surface area contributed by atoms with Gasteiger partial charge in [0, 0.05) is 17.8 Å². The second kappa shape index (κ2) is 4.78. The van der Waals surface area contributed by atoms with Crippen molar-refractivity contribution in [3.63, 3.8) is 0 Å². The Labute approximate surface area is 103 Å². The van der Waals surface area contributed by atoms with Crippen molar-refractivity contribution in [3.8, 4) is 0 Å². The minimum atomic E-state index is -3.64. The van der Waals surface area contributed by atoms with Gasteiger partial charge in [-0.3, -0.25) is 0 Å². The van der Waals surface area contributed by atoms with E-state index in [1.165, 1.54) is 29.7 Å². The first kappa shape index (κ1) is 12.0. The number of hydrogen-bond donors (Lipinski definition) is 2. The number of nitrogens with zero attached hydrogens (tertiary/aromatic N) is 2. The normalized spacial score (nSPS) is 11.5. The molecule has 2 aromatic rings. The first-order chi connectivity index (χ1) is 8.09. The molecule has 0 saturated heterocycles. The average Bonchev–Trinajstić information content (AvgIpc) is 2.80. The molecule has 2 heterocycles. The Hall–Kier alpha value is -1.51. The van der Waals surface area contributed by atoms with E-state index in [2.05, 4.69) is 14.7 Å². The maximum Gasteiger partial charge on any atom is 0.244 e. The van der Waals surface area contributed by atoms with E-state index in [-0.39, 0.29) is 17.3 Å². The van der Waals surface area contributed by atoms with Gasteiger partial charge in [0.25, 0.3) is 0 Å². The van der Waals surface area contributed by atoms with Gasteiger partial charge in [-0.15, -0.1) is 11.3 Å². The minimum absolute atomic E-state index is 0.0147. The van der Waals surface area contributed by atoms with Crippen molar-refractivity contribution in [2.45, 2.75) is 11.4 Å². The molecule has 0 atom stereocenters. The third kappa shape index (κ3) is 2.78. The molecule has 90 valence electrons. The number of rotatable bonds is 4. The molecule has 0 amide bonds. The van der Waals surface area contributed by atoms with Crippen molar-refractivity contribution in [1.82, 2.24) is 14.7 Å². The van der Waals surface area contributed by atoms with Gasteiger partial charge in [0.1, 0.15) is 15.7 Å². The molecule has 0 unspecified atom stereocenters. The van der Waals surface area contributed by atoms with Gasteiger partial charge in [-0.25, -0.2) is 23.1 Å². The van der Waals surface area contributed by atoms with E-state index in [9.17, 15) is 8.42 Å². The number of thiazole rings is 1. The van der Waals surface area contributed by atoms with Crippen molar-refractivity contribution in [3.05, 3.63) is 34.9 Å². The van der Waals surface area contributed by atoms with Gasteiger partial charge in [0.15, 0.2) is 0 Å². The Kier molecular flexibility index (Phi) is 3.36. The topological polar surface area (TPSA) is 98.0 Å². The van der Waals surface area contributed by atoms with Crippen molar-refractivity contribution in [2.24, 2.45) is 0 Å². The zero-order chi connectivity index (χ0) is 12.3. The molecule has 17 heavy (non-hydrogen) atoms. The molecule has 0 aromatic carbocycles. The van der Waals surface area contributed by atoms with Gasteiger partial charge >= 0.3 is 0 Å². The highest BCUT2D eigenvalue weighted by atomic mass is 32.2. The SMILES string of the molecule is Nc1ncccc1S(=O)(=O)NCc1nccs1. The Bertz CT molecular complexity index is 595. The quantitative estimate of drug-likeness (QED) is 0.847. The van der Waals surface area contributed by atoms with Crippen molar-refractivity contribution in [2.75, 3.05) is 5.73 Å². The lowest BCUT2D eigenvalue weighted by molar-refractivity contribution is 0.581. The zero-order valence-electron chi connectivity index (χ0n) is 8.70. The van der Waals surface area contributed by atoms with Crippen molar-refractivity contribution < 1.29 is 8.42 Å². The standard InChI is InChI=1S/C9H10N4O2S2/c10-9-7(2-1-3-12-9)17(14,15)13-6-8-11-4-5-16-8/h1-5,13H,6H2,(H2,10,12). The zero-order valence-corrected chi connectivity index (χ0v) is 10.3. The molecule has 6 nitrogen and oxygen atoms in total. The molecule has 2 aromatic heterocycles. The first-order valence-corrected chi connectivity index (χ1v) is 7.04. The highest BCUT2D eigenvalue weighted by molar-refractivity contribution is 7.89. The fraction of sp³-hybridized carbons (Fsp3) is 0.111. The highest BCUT2D eigenvalue weighted by Crippen LogP contribution is 2.15. The fourth-order valence-electron chi connectivity index (χ4n) is 1.20.